The number of hydrogen-bond acceptors (Lipinski definition) is 5. The SMILES string of the molecule is Cc1ccc(C[C@H](N)C(=O)NC[C@H](NC(=O)[C@@H](N)Cc2ccc(F)cc2)C(=O)O)cc1. The van der Waals surface area contributed by atoms with Gasteiger partial charge in [-0.1, -0.05) is 42.0 Å². The molecule has 0 bridgehead atoms. The van der Waals surface area contributed by atoms with Gasteiger partial charge in [0.1, 0.15) is 11.9 Å². The number of aliphatic carboxylic acids is 1. The van der Waals surface area contributed by atoms with Crippen LogP contribution >= 0.6 is 0 Å². The molecule has 2 aromatic carbocycles. The summed E-state index contributed by atoms with van der Waals surface area (Å²) in [5.41, 5.74) is 14.3. The predicted molar refractivity (Wildman–Crippen MR) is 114 cm³/mol. The number of carbonyl (C=O) groups is 3. The van der Waals surface area contributed by atoms with Gasteiger partial charge in [-0.25, -0.2) is 9.18 Å². The van der Waals surface area contributed by atoms with Crippen molar-refractivity contribution in [3.05, 3.63) is 71.0 Å². The molecule has 0 aliphatic carbocycles. The Bertz CT molecular complexity index is 903. The lowest BCUT2D eigenvalue weighted by atomic mass is 10.0. The molecule has 3 atom stereocenters. The van der Waals surface area contributed by atoms with E-state index in [-0.39, 0.29) is 13.0 Å². The summed E-state index contributed by atoms with van der Waals surface area (Å²) in [5.74, 6) is -2.97. The first-order valence-electron chi connectivity index (χ1n) is 9.77. The van der Waals surface area contributed by atoms with Crippen LogP contribution in [-0.2, 0) is 27.2 Å². The summed E-state index contributed by atoms with van der Waals surface area (Å²) < 4.78 is 13.0. The summed E-state index contributed by atoms with van der Waals surface area (Å²) in [5, 5.41) is 14.1. The Morgan fingerprint density at radius 3 is 1.90 bits per heavy atom. The zero-order valence-electron chi connectivity index (χ0n) is 17.2. The number of nitrogens with two attached hydrogens (primary N) is 2. The maximum atomic E-state index is 13.0. The zero-order chi connectivity index (χ0) is 23.0. The number of carboxylic acids is 1. The van der Waals surface area contributed by atoms with Gasteiger partial charge in [-0.3, -0.25) is 9.59 Å². The quantitative estimate of drug-likeness (QED) is 0.365. The van der Waals surface area contributed by atoms with Crippen LogP contribution in [-0.4, -0.2) is 47.6 Å². The standard InChI is InChI=1S/C22H27FN4O4/c1-13-2-4-14(5-3-13)10-17(24)20(28)26-12-19(22(30)31)27-21(29)18(25)11-15-6-8-16(23)9-7-15/h2-9,17-19H,10-12,24-25H2,1H3,(H,26,28)(H,27,29)(H,30,31)/t17-,18-,19-/m0/s1. The second-order valence-electron chi connectivity index (χ2n) is 7.38. The molecule has 0 spiro atoms. The number of nitrogens with one attached hydrogen (secondary N) is 2. The van der Waals surface area contributed by atoms with Gasteiger partial charge in [0.25, 0.3) is 0 Å². The fourth-order valence-electron chi connectivity index (χ4n) is 2.85. The minimum Gasteiger partial charge on any atom is -0.480 e. The Balaban J connectivity index is 1.86. The van der Waals surface area contributed by atoms with Crippen molar-refractivity contribution in [2.24, 2.45) is 11.5 Å². The first kappa shape index (κ1) is 24.0. The number of rotatable bonds is 10. The monoisotopic (exact) mass is 430 g/mol. The fraction of sp³-hybridized carbons (Fsp3) is 0.318. The largest absolute Gasteiger partial charge is 0.480 e. The highest BCUT2D eigenvalue weighted by Crippen LogP contribution is 2.06. The van der Waals surface area contributed by atoms with Crippen LogP contribution in [0.2, 0.25) is 0 Å². The van der Waals surface area contributed by atoms with Crippen molar-refractivity contribution in [3.8, 4) is 0 Å². The van der Waals surface area contributed by atoms with Crippen molar-refractivity contribution in [1.82, 2.24) is 10.6 Å². The molecule has 0 radical (unpaired) electrons. The third-order valence-corrected chi connectivity index (χ3v) is 4.71. The van der Waals surface area contributed by atoms with Crippen molar-refractivity contribution in [3.63, 3.8) is 0 Å². The van der Waals surface area contributed by atoms with E-state index in [2.05, 4.69) is 10.6 Å². The molecule has 8 nitrogen and oxygen atoms in total. The topological polar surface area (TPSA) is 148 Å². The van der Waals surface area contributed by atoms with Crippen LogP contribution in [0.4, 0.5) is 4.39 Å². The van der Waals surface area contributed by atoms with E-state index < -0.39 is 41.7 Å². The fourth-order valence-corrected chi connectivity index (χ4v) is 2.85. The smallest absolute Gasteiger partial charge is 0.328 e. The Labute approximate surface area is 179 Å². The molecule has 0 heterocycles. The summed E-state index contributed by atoms with van der Waals surface area (Å²) in [7, 11) is 0. The first-order valence-corrected chi connectivity index (χ1v) is 9.77. The number of hydrogen-bond donors (Lipinski definition) is 5. The highest BCUT2D eigenvalue weighted by molar-refractivity contribution is 5.88. The molecule has 0 saturated carbocycles. The van der Waals surface area contributed by atoms with Gasteiger partial charge in [-0.15, -0.1) is 0 Å². The summed E-state index contributed by atoms with van der Waals surface area (Å²) >= 11 is 0. The lowest BCUT2D eigenvalue weighted by Gasteiger charge is -2.19. The van der Waals surface area contributed by atoms with Crippen molar-refractivity contribution < 1.29 is 23.9 Å². The molecule has 166 valence electrons. The lowest BCUT2D eigenvalue weighted by molar-refractivity contribution is -0.142. The van der Waals surface area contributed by atoms with Crippen LogP contribution in [0.15, 0.2) is 48.5 Å². The predicted octanol–water partition coefficient (Wildman–Crippen LogP) is 0.260. The summed E-state index contributed by atoms with van der Waals surface area (Å²) in [6, 6.07) is 9.75. The molecular weight excluding hydrogens is 403 g/mol. The second-order valence-corrected chi connectivity index (χ2v) is 7.38. The summed E-state index contributed by atoms with van der Waals surface area (Å²) in [4.78, 5) is 36.0. The third-order valence-electron chi connectivity index (χ3n) is 4.71. The molecule has 0 aliphatic heterocycles. The molecular formula is C22H27FN4O4. The van der Waals surface area contributed by atoms with Crippen LogP contribution in [0.1, 0.15) is 16.7 Å². The molecule has 0 unspecified atom stereocenters. The average Bonchev–Trinajstić information content (AvgIpc) is 2.73. The Morgan fingerprint density at radius 1 is 0.903 bits per heavy atom. The molecule has 0 fully saturated rings. The summed E-state index contributed by atoms with van der Waals surface area (Å²) in [6.45, 7) is 1.60. The van der Waals surface area contributed by atoms with Crippen LogP contribution in [0.5, 0.6) is 0 Å². The molecule has 31 heavy (non-hydrogen) atoms. The maximum Gasteiger partial charge on any atom is 0.328 e. The highest BCUT2D eigenvalue weighted by Gasteiger charge is 2.25. The van der Waals surface area contributed by atoms with E-state index >= 15 is 0 Å². The van der Waals surface area contributed by atoms with E-state index in [0.29, 0.717) is 12.0 Å². The maximum absolute atomic E-state index is 13.0. The molecule has 7 N–H and O–H groups in total. The zero-order valence-corrected chi connectivity index (χ0v) is 17.2. The van der Waals surface area contributed by atoms with Crippen LogP contribution in [0, 0.1) is 12.7 Å². The van der Waals surface area contributed by atoms with Crippen LogP contribution in [0.3, 0.4) is 0 Å². The first-order chi connectivity index (χ1) is 14.7. The minimum absolute atomic E-state index is 0.103. The number of halogens is 1. The molecule has 2 aromatic rings. The van der Waals surface area contributed by atoms with Crippen molar-refractivity contribution in [2.45, 2.75) is 37.9 Å². The molecule has 0 saturated heterocycles. The normalized spacial score (nSPS) is 13.7. The van der Waals surface area contributed by atoms with Gasteiger partial charge in [0.15, 0.2) is 0 Å². The molecule has 9 heteroatoms. The van der Waals surface area contributed by atoms with Crippen molar-refractivity contribution >= 4 is 17.8 Å². The van der Waals surface area contributed by atoms with Crippen molar-refractivity contribution in [1.29, 1.82) is 0 Å². The highest BCUT2D eigenvalue weighted by atomic mass is 19.1. The number of benzene rings is 2. The van der Waals surface area contributed by atoms with Gasteiger partial charge in [0.2, 0.25) is 11.8 Å². The lowest BCUT2D eigenvalue weighted by Crippen LogP contribution is -2.54. The van der Waals surface area contributed by atoms with Gasteiger partial charge in [0.05, 0.1) is 12.1 Å². The van der Waals surface area contributed by atoms with Crippen LogP contribution < -0.4 is 22.1 Å². The molecule has 2 rings (SSSR count). The average molecular weight is 430 g/mol. The molecule has 0 aromatic heterocycles. The summed E-state index contributed by atoms with van der Waals surface area (Å²) in [6.07, 6.45) is 0.394. The van der Waals surface area contributed by atoms with Gasteiger partial charge in [0, 0.05) is 6.54 Å². The Hall–Kier alpha value is -3.30. The van der Waals surface area contributed by atoms with Gasteiger partial charge in [-0.05, 0) is 43.0 Å². The van der Waals surface area contributed by atoms with Gasteiger partial charge >= 0.3 is 5.97 Å². The van der Waals surface area contributed by atoms with Crippen molar-refractivity contribution in [2.75, 3.05) is 6.54 Å². The van der Waals surface area contributed by atoms with E-state index in [4.69, 9.17) is 11.5 Å². The van der Waals surface area contributed by atoms with Gasteiger partial charge in [-0.2, -0.15) is 0 Å². The van der Waals surface area contributed by atoms with E-state index in [0.717, 1.165) is 11.1 Å². The second kappa shape index (κ2) is 11.2. The minimum atomic E-state index is -1.37. The Kier molecular flexibility index (Phi) is 8.65. The number of aryl methyl sites for hydroxylation is 1. The van der Waals surface area contributed by atoms with Crippen LogP contribution in [0.25, 0.3) is 0 Å². The number of carboxylic acid groups (broad SMARTS) is 1. The molecule has 2 amide bonds. The van der Waals surface area contributed by atoms with E-state index in [1.54, 1.807) is 0 Å². The molecule has 0 aliphatic rings. The van der Waals surface area contributed by atoms with E-state index in [9.17, 15) is 23.9 Å². The van der Waals surface area contributed by atoms with Gasteiger partial charge < -0.3 is 27.2 Å². The number of carbonyl (C=O) groups excluding carboxylic acids is 2. The van der Waals surface area contributed by atoms with E-state index in [1.807, 2.05) is 31.2 Å². The Morgan fingerprint density at radius 2 is 1.39 bits per heavy atom. The number of amides is 2. The third kappa shape index (κ3) is 7.80. The van der Waals surface area contributed by atoms with E-state index in [1.165, 1.54) is 24.3 Å².